The number of likely N-dealkylation sites (tertiary alicyclic amines) is 1. The highest BCUT2D eigenvalue weighted by molar-refractivity contribution is 5.78. The molecule has 18 heavy (non-hydrogen) atoms. The summed E-state index contributed by atoms with van der Waals surface area (Å²) in [6.07, 6.45) is 2.96. The van der Waals surface area contributed by atoms with Crippen molar-refractivity contribution in [2.24, 2.45) is 11.8 Å². The number of urea groups is 1. The number of nitrogens with zero attached hydrogens (tertiary/aromatic N) is 2. The summed E-state index contributed by atoms with van der Waals surface area (Å²) in [6.45, 7) is 4.46. The van der Waals surface area contributed by atoms with E-state index in [4.69, 9.17) is 5.11 Å². The van der Waals surface area contributed by atoms with Gasteiger partial charge in [0.25, 0.3) is 0 Å². The molecule has 0 bridgehead atoms. The largest absolute Gasteiger partial charge is 0.481 e. The minimum atomic E-state index is -0.796. The van der Waals surface area contributed by atoms with Crippen LogP contribution in [0, 0.1) is 11.8 Å². The molecule has 2 amide bonds. The first kappa shape index (κ1) is 13.2. The lowest BCUT2D eigenvalue weighted by molar-refractivity contribution is -0.142. The maximum atomic E-state index is 12.4. The van der Waals surface area contributed by atoms with E-state index in [1.807, 2.05) is 14.0 Å². The van der Waals surface area contributed by atoms with Crippen LogP contribution in [-0.2, 0) is 4.79 Å². The number of carboxylic acids is 1. The summed E-state index contributed by atoms with van der Waals surface area (Å²) in [6, 6.07) is 0.0306. The zero-order valence-electron chi connectivity index (χ0n) is 11.3. The van der Waals surface area contributed by atoms with Crippen molar-refractivity contribution in [2.75, 3.05) is 13.6 Å². The monoisotopic (exact) mass is 254 g/mol. The number of carbonyl (C=O) groups excluding carboxylic acids is 1. The maximum Gasteiger partial charge on any atom is 0.320 e. The molecular formula is C13H22N2O3. The molecule has 3 atom stereocenters. The Bertz CT molecular complexity index is 354. The van der Waals surface area contributed by atoms with Crippen molar-refractivity contribution < 1.29 is 14.7 Å². The van der Waals surface area contributed by atoms with E-state index in [9.17, 15) is 9.59 Å². The quantitative estimate of drug-likeness (QED) is 0.832. The Balaban J connectivity index is 1.99. The SMILES string of the molecule is CC(C1CC1)N(C)C(=O)N1CCC(C(=O)O)C1C. The second kappa shape index (κ2) is 4.78. The first-order valence-electron chi connectivity index (χ1n) is 6.69. The van der Waals surface area contributed by atoms with Gasteiger partial charge in [0, 0.05) is 25.7 Å². The van der Waals surface area contributed by atoms with Crippen LogP contribution in [0.25, 0.3) is 0 Å². The second-order valence-corrected chi connectivity index (χ2v) is 5.64. The molecule has 3 unspecified atom stereocenters. The van der Waals surface area contributed by atoms with Crippen LogP contribution < -0.4 is 0 Å². The summed E-state index contributed by atoms with van der Waals surface area (Å²) in [5.41, 5.74) is 0. The summed E-state index contributed by atoms with van der Waals surface area (Å²) >= 11 is 0. The molecule has 0 aromatic carbocycles. The second-order valence-electron chi connectivity index (χ2n) is 5.64. The number of rotatable bonds is 3. The van der Waals surface area contributed by atoms with Crippen LogP contribution in [0.3, 0.4) is 0 Å². The van der Waals surface area contributed by atoms with Crippen molar-refractivity contribution in [1.29, 1.82) is 0 Å². The van der Waals surface area contributed by atoms with Gasteiger partial charge in [-0.25, -0.2) is 4.79 Å². The maximum absolute atomic E-state index is 12.4. The summed E-state index contributed by atoms with van der Waals surface area (Å²) in [4.78, 5) is 26.9. The van der Waals surface area contributed by atoms with Gasteiger partial charge in [0.15, 0.2) is 0 Å². The van der Waals surface area contributed by atoms with Crippen molar-refractivity contribution in [1.82, 2.24) is 9.80 Å². The van der Waals surface area contributed by atoms with Crippen LogP contribution in [0.4, 0.5) is 4.79 Å². The van der Waals surface area contributed by atoms with E-state index in [1.54, 1.807) is 9.80 Å². The molecule has 1 heterocycles. The molecule has 1 aliphatic heterocycles. The topological polar surface area (TPSA) is 60.9 Å². The minimum absolute atomic E-state index is 0.0225. The summed E-state index contributed by atoms with van der Waals surface area (Å²) in [7, 11) is 1.83. The van der Waals surface area contributed by atoms with E-state index >= 15 is 0 Å². The molecule has 0 radical (unpaired) electrons. The van der Waals surface area contributed by atoms with Gasteiger partial charge in [-0.1, -0.05) is 0 Å². The fourth-order valence-corrected chi connectivity index (χ4v) is 2.81. The third kappa shape index (κ3) is 2.31. The van der Waals surface area contributed by atoms with E-state index in [-0.39, 0.29) is 18.1 Å². The number of carboxylic acid groups (broad SMARTS) is 1. The molecule has 0 aromatic rings. The molecule has 1 saturated carbocycles. The fraction of sp³-hybridized carbons (Fsp3) is 0.846. The Kier molecular flexibility index (Phi) is 3.50. The van der Waals surface area contributed by atoms with Gasteiger partial charge < -0.3 is 14.9 Å². The van der Waals surface area contributed by atoms with E-state index in [0.717, 1.165) is 0 Å². The van der Waals surface area contributed by atoms with Crippen molar-refractivity contribution >= 4 is 12.0 Å². The van der Waals surface area contributed by atoms with Crippen LogP contribution in [0.2, 0.25) is 0 Å². The highest BCUT2D eigenvalue weighted by atomic mass is 16.4. The average molecular weight is 254 g/mol. The number of hydrogen-bond acceptors (Lipinski definition) is 2. The molecule has 102 valence electrons. The Labute approximate surface area is 108 Å². The molecular weight excluding hydrogens is 232 g/mol. The Morgan fingerprint density at radius 1 is 1.33 bits per heavy atom. The van der Waals surface area contributed by atoms with Crippen LogP contribution in [0.5, 0.6) is 0 Å². The normalized spacial score (nSPS) is 29.2. The van der Waals surface area contributed by atoms with Gasteiger partial charge in [0.2, 0.25) is 0 Å². The molecule has 5 nitrogen and oxygen atoms in total. The van der Waals surface area contributed by atoms with Crippen molar-refractivity contribution in [3.63, 3.8) is 0 Å². The highest BCUT2D eigenvalue weighted by Gasteiger charge is 2.41. The predicted octanol–water partition coefficient (Wildman–Crippen LogP) is 1.63. The van der Waals surface area contributed by atoms with E-state index < -0.39 is 11.9 Å². The lowest BCUT2D eigenvalue weighted by atomic mass is 10.0. The molecule has 1 aliphatic carbocycles. The van der Waals surface area contributed by atoms with Crippen molar-refractivity contribution in [3.05, 3.63) is 0 Å². The number of carbonyl (C=O) groups is 2. The zero-order valence-corrected chi connectivity index (χ0v) is 11.3. The summed E-state index contributed by atoms with van der Waals surface area (Å²) < 4.78 is 0. The van der Waals surface area contributed by atoms with Crippen LogP contribution in [-0.4, -0.2) is 52.6 Å². The molecule has 2 aliphatic rings. The first-order chi connectivity index (χ1) is 8.43. The Morgan fingerprint density at radius 2 is 1.94 bits per heavy atom. The third-order valence-electron chi connectivity index (χ3n) is 4.53. The molecule has 2 rings (SSSR count). The molecule has 5 heteroatoms. The first-order valence-corrected chi connectivity index (χ1v) is 6.69. The zero-order chi connectivity index (χ0) is 13.4. The van der Waals surface area contributed by atoms with Gasteiger partial charge in [-0.2, -0.15) is 0 Å². The smallest absolute Gasteiger partial charge is 0.320 e. The van der Waals surface area contributed by atoms with Gasteiger partial charge in [-0.15, -0.1) is 0 Å². The van der Waals surface area contributed by atoms with Crippen molar-refractivity contribution in [3.8, 4) is 0 Å². The van der Waals surface area contributed by atoms with Gasteiger partial charge >= 0.3 is 12.0 Å². The van der Waals surface area contributed by atoms with Crippen molar-refractivity contribution in [2.45, 2.75) is 45.2 Å². The lowest BCUT2D eigenvalue weighted by Crippen LogP contribution is -2.48. The van der Waals surface area contributed by atoms with Crippen LogP contribution in [0.1, 0.15) is 33.1 Å². The number of aliphatic carboxylic acids is 1. The van der Waals surface area contributed by atoms with E-state index in [2.05, 4.69) is 6.92 Å². The van der Waals surface area contributed by atoms with E-state index in [0.29, 0.717) is 18.9 Å². The Hall–Kier alpha value is -1.26. The lowest BCUT2D eigenvalue weighted by Gasteiger charge is -2.32. The standard InChI is InChI=1S/C13H22N2O3/c1-8(10-4-5-10)14(3)13(18)15-7-6-11(9(15)2)12(16)17/h8-11H,4-7H2,1-3H3,(H,16,17). The van der Waals surface area contributed by atoms with Gasteiger partial charge in [0.1, 0.15) is 0 Å². The molecule has 0 aromatic heterocycles. The van der Waals surface area contributed by atoms with Gasteiger partial charge in [-0.3, -0.25) is 4.79 Å². The fourth-order valence-electron chi connectivity index (χ4n) is 2.81. The van der Waals surface area contributed by atoms with Crippen LogP contribution in [0.15, 0.2) is 0 Å². The molecule has 2 fully saturated rings. The minimum Gasteiger partial charge on any atom is -0.481 e. The molecule has 0 spiro atoms. The van der Waals surface area contributed by atoms with Crippen LogP contribution >= 0.6 is 0 Å². The van der Waals surface area contributed by atoms with Gasteiger partial charge in [0.05, 0.1) is 5.92 Å². The number of hydrogen-bond donors (Lipinski definition) is 1. The Morgan fingerprint density at radius 3 is 2.39 bits per heavy atom. The molecule has 1 N–H and O–H groups in total. The molecule has 1 saturated heterocycles. The number of amides is 2. The van der Waals surface area contributed by atoms with Gasteiger partial charge in [-0.05, 0) is 39.0 Å². The highest BCUT2D eigenvalue weighted by Crippen LogP contribution is 2.35. The third-order valence-corrected chi connectivity index (χ3v) is 4.53. The predicted molar refractivity (Wildman–Crippen MR) is 67.3 cm³/mol. The summed E-state index contributed by atoms with van der Waals surface area (Å²) in [5.74, 6) is -0.582. The summed E-state index contributed by atoms with van der Waals surface area (Å²) in [5, 5.41) is 9.08. The van der Waals surface area contributed by atoms with E-state index in [1.165, 1.54) is 12.8 Å². The average Bonchev–Trinajstić information content (AvgIpc) is 3.09.